The molecule has 0 aromatic rings. The first kappa shape index (κ1) is 16.5. The second kappa shape index (κ2) is 6.51. The quantitative estimate of drug-likeness (QED) is 0.843. The van der Waals surface area contributed by atoms with Crippen molar-refractivity contribution in [1.29, 1.82) is 0 Å². The van der Waals surface area contributed by atoms with Crippen LogP contribution in [0.5, 0.6) is 0 Å². The van der Waals surface area contributed by atoms with E-state index < -0.39 is 10.0 Å². The smallest absolute Gasteiger partial charge is 0.214 e. The van der Waals surface area contributed by atoms with Crippen LogP contribution in [-0.4, -0.2) is 43.6 Å². The van der Waals surface area contributed by atoms with E-state index in [0.717, 1.165) is 19.3 Å². The van der Waals surface area contributed by atoms with Gasteiger partial charge in [-0.15, -0.1) is 12.4 Å². The van der Waals surface area contributed by atoms with Gasteiger partial charge in [-0.3, -0.25) is 0 Å². The first-order valence-corrected chi connectivity index (χ1v) is 9.37. The molecule has 2 unspecified atom stereocenters. The molecule has 3 aliphatic rings. The van der Waals surface area contributed by atoms with E-state index in [1.54, 1.807) is 11.4 Å². The summed E-state index contributed by atoms with van der Waals surface area (Å²) in [6, 6.07) is 1.33. The fourth-order valence-electron chi connectivity index (χ4n) is 3.79. The summed E-state index contributed by atoms with van der Waals surface area (Å²) in [6.07, 6.45) is 9.05. The number of rotatable bonds is 5. The van der Waals surface area contributed by atoms with Gasteiger partial charge < -0.3 is 5.32 Å². The third-order valence-electron chi connectivity index (χ3n) is 5.41. The number of sulfonamides is 1. The lowest BCUT2D eigenvalue weighted by Crippen LogP contribution is -2.49. The highest BCUT2D eigenvalue weighted by atomic mass is 35.5. The van der Waals surface area contributed by atoms with Crippen LogP contribution in [0.4, 0.5) is 0 Å². The molecule has 1 saturated carbocycles. The van der Waals surface area contributed by atoms with Gasteiger partial charge in [0.2, 0.25) is 10.0 Å². The molecule has 118 valence electrons. The van der Waals surface area contributed by atoms with Gasteiger partial charge in [-0.2, -0.15) is 0 Å². The summed E-state index contributed by atoms with van der Waals surface area (Å²) in [7, 11) is -1.25. The molecular formula is C14H27ClN2O2S. The molecule has 2 aliphatic heterocycles. The normalized spacial score (nSPS) is 33.8. The molecule has 1 aliphatic carbocycles. The minimum absolute atomic E-state index is 0. The maximum atomic E-state index is 12.4. The van der Waals surface area contributed by atoms with Crippen LogP contribution in [0, 0.1) is 5.92 Å². The van der Waals surface area contributed by atoms with E-state index in [0.29, 0.717) is 23.8 Å². The molecule has 2 heterocycles. The van der Waals surface area contributed by atoms with Crippen LogP contribution < -0.4 is 5.32 Å². The Morgan fingerprint density at radius 2 is 1.70 bits per heavy atom. The van der Waals surface area contributed by atoms with Crippen LogP contribution in [0.15, 0.2) is 0 Å². The second-order valence-electron chi connectivity index (χ2n) is 6.68. The fraction of sp³-hybridized carbons (Fsp3) is 1.00. The maximum Gasteiger partial charge on any atom is 0.214 e. The molecule has 4 nitrogen and oxygen atoms in total. The summed E-state index contributed by atoms with van der Waals surface area (Å²) in [5.41, 5.74) is 0. The van der Waals surface area contributed by atoms with Crippen LogP contribution >= 0.6 is 12.4 Å². The molecule has 2 atom stereocenters. The van der Waals surface area contributed by atoms with E-state index in [1.165, 1.54) is 32.1 Å². The Labute approximate surface area is 129 Å². The molecule has 3 rings (SSSR count). The van der Waals surface area contributed by atoms with Crippen molar-refractivity contribution in [3.05, 3.63) is 0 Å². The zero-order chi connectivity index (χ0) is 13.5. The zero-order valence-corrected chi connectivity index (χ0v) is 13.9. The molecule has 1 N–H and O–H groups in total. The first-order chi connectivity index (χ1) is 9.04. The number of piperidine rings is 1. The van der Waals surface area contributed by atoms with Crippen molar-refractivity contribution in [3.63, 3.8) is 0 Å². The molecule has 0 spiro atoms. The standard InChI is InChI=1S/C14H26N2O2S.ClH/c1-16(14-9-12-5-6-13(10-14)15-12)19(17,18)8-7-11-3-2-4-11;/h11-15H,2-10H2,1H3;1H. The Hall–Kier alpha value is 0.160. The molecule has 0 aromatic carbocycles. The molecule has 3 fully saturated rings. The SMILES string of the molecule is CN(C1CC2CCC(C1)N2)S(=O)(=O)CCC1CCC1.Cl. The van der Waals surface area contributed by atoms with Crippen molar-refractivity contribution in [2.75, 3.05) is 12.8 Å². The van der Waals surface area contributed by atoms with E-state index in [2.05, 4.69) is 5.32 Å². The van der Waals surface area contributed by atoms with Crippen molar-refractivity contribution in [1.82, 2.24) is 9.62 Å². The highest BCUT2D eigenvalue weighted by Gasteiger charge is 2.38. The summed E-state index contributed by atoms with van der Waals surface area (Å²) in [4.78, 5) is 0. The van der Waals surface area contributed by atoms with Gasteiger partial charge in [0, 0.05) is 25.2 Å². The van der Waals surface area contributed by atoms with Gasteiger partial charge in [-0.05, 0) is 38.0 Å². The number of hydrogen-bond donors (Lipinski definition) is 1. The van der Waals surface area contributed by atoms with Gasteiger partial charge >= 0.3 is 0 Å². The zero-order valence-electron chi connectivity index (χ0n) is 12.3. The van der Waals surface area contributed by atoms with Crippen LogP contribution in [0.25, 0.3) is 0 Å². The van der Waals surface area contributed by atoms with Gasteiger partial charge in [0.15, 0.2) is 0 Å². The van der Waals surface area contributed by atoms with E-state index in [1.807, 2.05) is 0 Å². The van der Waals surface area contributed by atoms with Gasteiger partial charge in [0.05, 0.1) is 5.75 Å². The van der Waals surface area contributed by atoms with Gasteiger partial charge in [-0.1, -0.05) is 19.3 Å². The Morgan fingerprint density at radius 1 is 1.10 bits per heavy atom. The number of nitrogens with one attached hydrogen (secondary N) is 1. The first-order valence-electron chi connectivity index (χ1n) is 7.76. The van der Waals surface area contributed by atoms with Crippen molar-refractivity contribution < 1.29 is 8.42 Å². The Bertz CT molecular complexity index is 413. The van der Waals surface area contributed by atoms with Gasteiger partial charge in [0.1, 0.15) is 0 Å². The molecule has 20 heavy (non-hydrogen) atoms. The number of halogens is 1. The number of fused-ring (bicyclic) bond motifs is 2. The molecule has 0 aromatic heterocycles. The van der Waals surface area contributed by atoms with Crippen LogP contribution in [-0.2, 0) is 10.0 Å². The van der Waals surface area contributed by atoms with Crippen LogP contribution in [0.3, 0.4) is 0 Å². The van der Waals surface area contributed by atoms with E-state index >= 15 is 0 Å². The Balaban J connectivity index is 0.00000147. The summed E-state index contributed by atoms with van der Waals surface area (Å²) in [5.74, 6) is 1.03. The topological polar surface area (TPSA) is 49.4 Å². The third kappa shape index (κ3) is 3.49. The molecule has 2 bridgehead atoms. The fourth-order valence-corrected chi connectivity index (χ4v) is 5.34. The minimum Gasteiger partial charge on any atom is -0.311 e. The monoisotopic (exact) mass is 322 g/mol. The number of nitrogens with zero attached hydrogens (tertiary/aromatic N) is 1. The maximum absolute atomic E-state index is 12.4. The van der Waals surface area contributed by atoms with E-state index in [4.69, 9.17) is 0 Å². The predicted octanol–water partition coefficient (Wildman–Crippen LogP) is 2.14. The molecule has 6 heteroatoms. The highest BCUT2D eigenvalue weighted by Crippen LogP contribution is 2.32. The predicted molar refractivity (Wildman–Crippen MR) is 83.7 cm³/mol. The van der Waals surface area contributed by atoms with E-state index in [-0.39, 0.29) is 18.4 Å². The van der Waals surface area contributed by atoms with Crippen molar-refractivity contribution in [2.24, 2.45) is 5.92 Å². The average molecular weight is 323 g/mol. The Morgan fingerprint density at radius 3 is 2.20 bits per heavy atom. The Kier molecular flexibility index (Phi) is 5.38. The molecule has 0 amide bonds. The lowest BCUT2D eigenvalue weighted by molar-refractivity contribution is 0.249. The summed E-state index contributed by atoms with van der Waals surface area (Å²) < 4.78 is 26.5. The average Bonchev–Trinajstić information content (AvgIpc) is 2.65. The lowest BCUT2D eigenvalue weighted by Gasteiger charge is -2.35. The molecule has 0 radical (unpaired) electrons. The van der Waals surface area contributed by atoms with Crippen molar-refractivity contribution in [3.8, 4) is 0 Å². The van der Waals surface area contributed by atoms with Crippen LogP contribution in [0.1, 0.15) is 51.4 Å². The van der Waals surface area contributed by atoms with Crippen molar-refractivity contribution in [2.45, 2.75) is 69.5 Å². The molecule has 2 saturated heterocycles. The number of hydrogen-bond acceptors (Lipinski definition) is 3. The van der Waals surface area contributed by atoms with E-state index in [9.17, 15) is 8.42 Å². The van der Waals surface area contributed by atoms with Gasteiger partial charge in [0.25, 0.3) is 0 Å². The molecular weight excluding hydrogens is 296 g/mol. The third-order valence-corrected chi connectivity index (χ3v) is 7.34. The summed E-state index contributed by atoms with van der Waals surface area (Å²) in [5, 5.41) is 3.57. The minimum atomic E-state index is -3.04. The lowest BCUT2D eigenvalue weighted by atomic mass is 9.84. The van der Waals surface area contributed by atoms with Crippen molar-refractivity contribution >= 4 is 22.4 Å². The summed E-state index contributed by atoms with van der Waals surface area (Å²) >= 11 is 0. The van der Waals surface area contributed by atoms with Crippen LogP contribution in [0.2, 0.25) is 0 Å². The highest BCUT2D eigenvalue weighted by molar-refractivity contribution is 7.89. The second-order valence-corrected chi connectivity index (χ2v) is 8.83. The van der Waals surface area contributed by atoms with Gasteiger partial charge in [-0.25, -0.2) is 12.7 Å². The summed E-state index contributed by atoms with van der Waals surface area (Å²) in [6.45, 7) is 0. The largest absolute Gasteiger partial charge is 0.311 e.